The van der Waals surface area contributed by atoms with Crippen molar-refractivity contribution in [1.29, 1.82) is 0 Å². The van der Waals surface area contributed by atoms with Crippen LogP contribution in [0.2, 0.25) is 0 Å². The first-order valence-electron chi connectivity index (χ1n) is 11.1. The third-order valence-corrected chi connectivity index (χ3v) is 6.58. The van der Waals surface area contributed by atoms with Gasteiger partial charge in [0.25, 0.3) is 0 Å². The van der Waals surface area contributed by atoms with Crippen LogP contribution in [-0.2, 0) is 14.4 Å². The number of rotatable bonds is 9. The van der Waals surface area contributed by atoms with Crippen molar-refractivity contribution in [1.82, 2.24) is 0 Å². The molecule has 4 aromatic carbocycles. The molecule has 0 heterocycles. The van der Waals surface area contributed by atoms with E-state index in [1.807, 2.05) is 84.9 Å². The number of carbonyl (C=O) groups is 3. The zero-order chi connectivity index (χ0) is 24.6. The summed E-state index contributed by atoms with van der Waals surface area (Å²) in [7, 11) is 0. The van der Waals surface area contributed by atoms with Gasteiger partial charge in [-0.1, -0.05) is 60.7 Å². The van der Waals surface area contributed by atoms with E-state index in [0.717, 1.165) is 26.9 Å². The van der Waals surface area contributed by atoms with Crippen molar-refractivity contribution >= 4 is 51.7 Å². The van der Waals surface area contributed by atoms with Gasteiger partial charge < -0.3 is 15.7 Å². The second kappa shape index (κ2) is 11.4. The summed E-state index contributed by atoms with van der Waals surface area (Å²) in [4.78, 5) is 36.7. The van der Waals surface area contributed by atoms with Gasteiger partial charge >= 0.3 is 5.97 Å². The first-order valence-corrected chi connectivity index (χ1v) is 12.0. The summed E-state index contributed by atoms with van der Waals surface area (Å²) in [5, 5.41) is 16.1. The number of benzene rings is 4. The van der Waals surface area contributed by atoms with Crippen molar-refractivity contribution in [2.75, 3.05) is 10.6 Å². The van der Waals surface area contributed by atoms with Crippen LogP contribution >= 0.6 is 11.8 Å². The molecule has 2 amide bonds. The van der Waals surface area contributed by atoms with E-state index >= 15 is 0 Å². The first-order chi connectivity index (χ1) is 17.0. The summed E-state index contributed by atoms with van der Waals surface area (Å²) in [6.07, 6.45) is -0.304. The minimum atomic E-state index is -1.01. The number of aliphatic carboxylic acids is 1. The maximum Gasteiger partial charge on any atom is 0.303 e. The second-order valence-electron chi connectivity index (χ2n) is 7.93. The standard InChI is InChI=1S/C28H24N2O4S/c31-25(16-17-26(32)33)29-22-12-14-24(15-13-22)35-27(20-7-2-1-3-8-20)28(34)30-23-11-10-19-6-4-5-9-21(19)18-23/h1-15,18,27H,16-17H2,(H,29,31)(H,30,34)(H,32,33). The SMILES string of the molecule is O=C(O)CCC(=O)Nc1ccc(SC(C(=O)Nc2ccc3ccccc3c2)c2ccccc2)cc1. The molecule has 1 unspecified atom stereocenters. The maximum atomic E-state index is 13.4. The number of thioether (sulfide) groups is 1. The number of carboxylic acid groups (broad SMARTS) is 1. The molecular formula is C28H24N2O4S. The molecule has 35 heavy (non-hydrogen) atoms. The minimum absolute atomic E-state index is 0.0864. The molecule has 0 aliphatic carbocycles. The monoisotopic (exact) mass is 484 g/mol. The molecule has 0 aromatic heterocycles. The smallest absolute Gasteiger partial charge is 0.303 e. The average molecular weight is 485 g/mol. The molecule has 7 heteroatoms. The van der Waals surface area contributed by atoms with E-state index in [4.69, 9.17) is 5.11 Å². The number of hydrogen-bond donors (Lipinski definition) is 3. The van der Waals surface area contributed by atoms with E-state index in [1.54, 1.807) is 12.1 Å². The summed E-state index contributed by atoms with van der Waals surface area (Å²) in [5.41, 5.74) is 2.18. The highest BCUT2D eigenvalue weighted by Gasteiger charge is 2.22. The van der Waals surface area contributed by atoms with Gasteiger partial charge in [-0.15, -0.1) is 11.8 Å². The lowest BCUT2D eigenvalue weighted by atomic mass is 10.1. The highest BCUT2D eigenvalue weighted by atomic mass is 32.2. The number of nitrogens with one attached hydrogen (secondary N) is 2. The number of carboxylic acids is 1. The molecule has 0 saturated carbocycles. The Hall–Kier alpha value is -4.10. The summed E-state index contributed by atoms with van der Waals surface area (Å²) in [6.45, 7) is 0. The second-order valence-corrected chi connectivity index (χ2v) is 9.10. The van der Waals surface area contributed by atoms with Crippen LogP contribution in [0.1, 0.15) is 23.7 Å². The van der Waals surface area contributed by atoms with Crippen molar-refractivity contribution in [2.24, 2.45) is 0 Å². The molecule has 3 N–H and O–H groups in total. The quantitative estimate of drug-likeness (QED) is 0.249. The van der Waals surface area contributed by atoms with Crippen LogP contribution in [0.25, 0.3) is 10.8 Å². The van der Waals surface area contributed by atoms with Gasteiger partial charge in [-0.05, 0) is 52.7 Å². The molecule has 0 saturated heterocycles. The summed E-state index contributed by atoms with van der Waals surface area (Å²) >= 11 is 1.41. The Bertz CT molecular complexity index is 1340. The molecule has 4 rings (SSSR count). The van der Waals surface area contributed by atoms with Gasteiger partial charge in [0.2, 0.25) is 11.8 Å². The average Bonchev–Trinajstić information content (AvgIpc) is 2.87. The molecule has 0 spiro atoms. The van der Waals surface area contributed by atoms with Crippen molar-refractivity contribution < 1.29 is 19.5 Å². The minimum Gasteiger partial charge on any atom is -0.481 e. The Morgan fingerprint density at radius 2 is 1.37 bits per heavy atom. The number of carbonyl (C=O) groups excluding carboxylic acids is 2. The topological polar surface area (TPSA) is 95.5 Å². The van der Waals surface area contributed by atoms with Crippen molar-refractivity contribution in [3.63, 3.8) is 0 Å². The van der Waals surface area contributed by atoms with Crippen LogP contribution in [0.3, 0.4) is 0 Å². The lowest BCUT2D eigenvalue weighted by molar-refractivity contribution is -0.138. The summed E-state index contributed by atoms with van der Waals surface area (Å²) < 4.78 is 0. The molecule has 0 bridgehead atoms. The van der Waals surface area contributed by atoms with E-state index in [1.165, 1.54) is 11.8 Å². The van der Waals surface area contributed by atoms with Crippen LogP contribution in [0.5, 0.6) is 0 Å². The predicted molar refractivity (Wildman–Crippen MR) is 140 cm³/mol. The van der Waals surface area contributed by atoms with E-state index in [0.29, 0.717) is 5.69 Å². The predicted octanol–water partition coefficient (Wildman–Crippen LogP) is 6.12. The fourth-order valence-electron chi connectivity index (χ4n) is 3.57. The van der Waals surface area contributed by atoms with E-state index in [-0.39, 0.29) is 24.7 Å². The lowest BCUT2D eigenvalue weighted by Crippen LogP contribution is -2.19. The largest absolute Gasteiger partial charge is 0.481 e. The van der Waals surface area contributed by atoms with E-state index < -0.39 is 11.2 Å². The van der Waals surface area contributed by atoms with Crippen molar-refractivity contribution in [2.45, 2.75) is 23.0 Å². The zero-order valence-corrected chi connectivity index (χ0v) is 19.6. The lowest BCUT2D eigenvalue weighted by Gasteiger charge is -2.18. The molecule has 6 nitrogen and oxygen atoms in total. The van der Waals surface area contributed by atoms with Crippen LogP contribution in [-0.4, -0.2) is 22.9 Å². The van der Waals surface area contributed by atoms with E-state index in [2.05, 4.69) is 10.6 Å². The number of fused-ring (bicyclic) bond motifs is 1. The third kappa shape index (κ3) is 6.71. The molecular weight excluding hydrogens is 460 g/mol. The van der Waals surface area contributed by atoms with Crippen molar-refractivity contribution in [3.8, 4) is 0 Å². The summed E-state index contributed by atoms with van der Waals surface area (Å²) in [5.74, 6) is -1.51. The van der Waals surface area contributed by atoms with Crippen LogP contribution in [0.4, 0.5) is 11.4 Å². The summed E-state index contributed by atoms with van der Waals surface area (Å²) in [6, 6.07) is 30.5. The van der Waals surface area contributed by atoms with Gasteiger partial charge in [-0.2, -0.15) is 0 Å². The fourth-order valence-corrected chi connectivity index (χ4v) is 4.60. The Kier molecular flexibility index (Phi) is 7.80. The number of hydrogen-bond acceptors (Lipinski definition) is 4. The van der Waals surface area contributed by atoms with Gasteiger partial charge in [0.15, 0.2) is 0 Å². The molecule has 0 aliphatic rings. The van der Waals surface area contributed by atoms with Gasteiger partial charge in [0.1, 0.15) is 5.25 Å². The normalized spacial score (nSPS) is 11.5. The molecule has 0 aliphatic heterocycles. The van der Waals surface area contributed by atoms with Gasteiger partial charge in [0, 0.05) is 22.7 Å². The highest BCUT2D eigenvalue weighted by Crippen LogP contribution is 2.37. The molecule has 0 radical (unpaired) electrons. The van der Waals surface area contributed by atoms with Crippen LogP contribution in [0, 0.1) is 0 Å². The van der Waals surface area contributed by atoms with Gasteiger partial charge in [-0.3, -0.25) is 14.4 Å². The zero-order valence-electron chi connectivity index (χ0n) is 18.8. The van der Waals surface area contributed by atoms with Crippen LogP contribution in [0.15, 0.2) is 102 Å². The Morgan fingerprint density at radius 3 is 2.09 bits per heavy atom. The molecule has 4 aromatic rings. The fraction of sp³-hybridized carbons (Fsp3) is 0.107. The Balaban J connectivity index is 1.48. The van der Waals surface area contributed by atoms with E-state index in [9.17, 15) is 14.4 Å². The van der Waals surface area contributed by atoms with Crippen molar-refractivity contribution in [3.05, 3.63) is 103 Å². The number of anilines is 2. The third-order valence-electron chi connectivity index (χ3n) is 5.32. The first kappa shape index (κ1) is 24.0. The molecule has 1 atom stereocenters. The number of amides is 2. The Labute approximate surface area is 207 Å². The van der Waals surface area contributed by atoms with Crippen LogP contribution < -0.4 is 10.6 Å². The van der Waals surface area contributed by atoms with Gasteiger partial charge in [0.05, 0.1) is 6.42 Å². The molecule has 176 valence electrons. The Morgan fingerprint density at radius 1 is 0.714 bits per heavy atom. The molecule has 0 fully saturated rings. The maximum absolute atomic E-state index is 13.4. The highest BCUT2D eigenvalue weighted by molar-refractivity contribution is 8.00. The van der Waals surface area contributed by atoms with Gasteiger partial charge in [-0.25, -0.2) is 0 Å².